The molecule has 1 aliphatic heterocycles. The number of amides is 1. The highest BCUT2D eigenvalue weighted by molar-refractivity contribution is 5.89. The molecular weight excluding hydrogens is 484 g/mol. The third-order valence-electron chi connectivity index (χ3n) is 6.70. The minimum Gasteiger partial charge on any atom is -0.469 e. The molecule has 2 aromatic carbocycles. The molecule has 1 fully saturated rings. The quantitative estimate of drug-likeness (QED) is 0.395. The highest BCUT2D eigenvalue weighted by Crippen LogP contribution is 2.28. The number of carbonyl (C=O) groups is 3. The van der Waals surface area contributed by atoms with Gasteiger partial charge in [0.1, 0.15) is 0 Å². The zero-order valence-corrected chi connectivity index (χ0v) is 22.2. The molecule has 0 aliphatic carbocycles. The monoisotopic (exact) mass is 518 g/mol. The van der Waals surface area contributed by atoms with E-state index >= 15 is 0 Å². The average molecular weight is 519 g/mol. The first-order valence-corrected chi connectivity index (χ1v) is 12.9. The minimum absolute atomic E-state index is 0.0748. The van der Waals surface area contributed by atoms with Crippen LogP contribution in [0.5, 0.6) is 0 Å². The summed E-state index contributed by atoms with van der Waals surface area (Å²) in [5.41, 5.74) is 5.01. The predicted molar refractivity (Wildman–Crippen MR) is 144 cm³/mol. The van der Waals surface area contributed by atoms with Gasteiger partial charge in [0.2, 0.25) is 5.91 Å². The topological polar surface area (TPSA) is 94.0 Å². The standard InChI is InChI=1S/C29H34N4O5/c1-4-38-29(36)24-20-26(33(30-24)25-9-6-5-8-21(25)2)22-12-14-23(15-13-22)31-16-18-32(19-17-31)27(34)10-7-11-28(35)37-3/h5-6,8-9,12-15,20H,4,7,10-11,16-19H2,1-3H3. The molecule has 200 valence electrons. The Hall–Kier alpha value is -4.14. The molecule has 9 nitrogen and oxygen atoms in total. The number of benzene rings is 2. The van der Waals surface area contributed by atoms with E-state index < -0.39 is 5.97 Å². The summed E-state index contributed by atoms with van der Waals surface area (Å²) < 4.78 is 11.6. The molecule has 0 unspecified atom stereocenters. The lowest BCUT2D eigenvalue weighted by molar-refractivity contribution is -0.140. The van der Waals surface area contributed by atoms with Crippen molar-refractivity contribution in [2.24, 2.45) is 0 Å². The van der Waals surface area contributed by atoms with Gasteiger partial charge in [-0.05, 0) is 50.1 Å². The van der Waals surface area contributed by atoms with Crippen LogP contribution >= 0.6 is 0 Å². The number of methoxy groups -OCH3 is 1. The van der Waals surface area contributed by atoms with E-state index in [0.717, 1.165) is 41.3 Å². The Labute approximate surface area is 222 Å². The summed E-state index contributed by atoms with van der Waals surface area (Å²) in [7, 11) is 1.36. The fourth-order valence-corrected chi connectivity index (χ4v) is 4.58. The molecular formula is C29H34N4O5. The maximum absolute atomic E-state index is 12.5. The van der Waals surface area contributed by atoms with Crippen LogP contribution in [0.4, 0.5) is 5.69 Å². The van der Waals surface area contributed by atoms with E-state index in [-0.39, 0.29) is 30.6 Å². The molecule has 3 aromatic rings. The molecule has 1 aliphatic rings. The molecule has 0 N–H and O–H groups in total. The highest BCUT2D eigenvalue weighted by atomic mass is 16.5. The van der Waals surface area contributed by atoms with Crippen molar-refractivity contribution in [3.8, 4) is 16.9 Å². The lowest BCUT2D eigenvalue weighted by atomic mass is 10.1. The Morgan fingerprint density at radius 1 is 0.947 bits per heavy atom. The fraction of sp³-hybridized carbons (Fsp3) is 0.379. The Morgan fingerprint density at radius 2 is 1.66 bits per heavy atom. The lowest BCUT2D eigenvalue weighted by Crippen LogP contribution is -2.48. The zero-order chi connectivity index (χ0) is 27.1. The number of esters is 2. The van der Waals surface area contributed by atoms with E-state index in [1.807, 2.05) is 48.2 Å². The second-order valence-electron chi connectivity index (χ2n) is 9.18. The molecule has 0 radical (unpaired) electrons. The van der Waals surface area contributed by atoms with Crippen molar-refractivity contribution in [2.75, 3.05) is 44.8 Å². The molecule has 2 heterocycles. The van der Waals surface area contributed by atoms with Crippen LogP contribution in [0.25, 0.3) is 16.9 Å². The number of aryl methyl sites for hydroxylation is 1. The molecule has 0 atom stereocenters. The van der Waals surface area contributed by atoms with Crippen molar-refractivity contribution in [3.63, 3.8) is 0 Å². The molecule has 1 saturated heterocycles. The first kappa shape index (κ1) is 26.9. The Kier molecular flexibility index (Phi) is 8.78. The zero-order valence-electron chi connectivity index (χ0n) is 22.2. The number of hydrogen-bond acceptors (Lipinski definition) is 7. The maximum atomic E-state index is 12.5. The first-order chi connectivity index (χ1) is 18.4. The van der Waals surface area contributed by atoms with Gasteiger partial charge in [-0.3, -0.25) is 9.59 Å². The Bertz CT molecular complexity index is 1280. The van der Waals surface area contributed by atoms with Gasteiger partial charge in [0, 0.05) is 50.3 Å². The number of carbonyl (C=O) groups excluding carboxylic acids is 3. The molecule has 38 heavy (non-hydrogen) atoms. The first-order valence-electron chi connectivity index (χ1n) is 12.9. The van der Waals surface area contributed by atoms with Crippen molar-refractivity contribution in [2.45, 2.75) is 33.1 Å². The van der Waals surface area contributed by atoms with Crippen molar-refractivity contribution >= 4 is 23.5 Å². The predicted octanol–water partition coefficient (Wildman–Crippen LogP) is 4.02. The van der Waals surface area contributed by atoms with Crippen molar-refractivity contribution in [1.82, 2.24) is 14.7 Å². The number of piperazine rings is 1. The Morgan fingerprint density at radius 3 is 2.32 bits per heavy atom. The van der Waals surface area contributed by atoms with Crippen LogP contribution in [0, 0.1) is 6.92 Å². The molecule has 1 amide bonds. The van der Waals surface area contributed by atoms with Gasteiger partial charge in [0.25, 0.3) is 0 Å². The molecule has 0 bridgehead atoms. The van der Waals surface area contributed by atoms with Gasteiger partial charge < -0.3 is 19.3 Å². The largest absolute Gasteiger partial charge is 0.469 e. The second-order valence-corrected chi connectivity index (χ2v) is 9.18. The normalized spacial score (nSPS) is 13.3. The average Bonchev–Trinajstić information content (AvgIpc) is 3.39. The molecule has 1 aromatic heterocycles. The van der Waals surface area contributed by atoms with Gasteiger partial charge in [-0.15, -0.1) is 0 Å². The second kappa shape index (κ2) is 12.4. The van der Waals surface area contributed by atoms with Crippen LogP contribution in [-0.2, 0) is 19.1 Å². The van der Waals surface area contributed by atoms with E-state index in [9.17, 15) is 14.4 Å². The van der Waals surface area contributed by atoms with Crippen LogP contribution in [0.15, 0.2) is 54.6 Å². The number of para-hydroxylation sites is 1. The maximum Gasteiger partial charge on any atom is 0.358 e. The van der Waals surface area contributed by atoms with Gasteiger partial charge in [-0.2, -0.15) is 5.10 Å². The van der Waals surface area contributed by atoms with Gasteiger partial charge in [0.05, 0.1) is 25.1 Å². The number of hydrogen-bond donors (Lipinski definition) is 0. The van der Waals surface area contributed by atoms with Crippen LogP contribution < -0.4 is 4.90 Å². The summed E-state index contributed by atoms with van der Waals surface area (Å²) >= 11 is 0. The van der Waals surface area contributed by atoms with Crippen LogP contribution in [0.3, 0.4) is 0 Å². The number of nitrogens with zero attached hydrogens (tertiary/aromatic N) is 4. The number of rotatable bonds is 9. The summed E-state index contributed by atoms with van der Waals surface area (Å²) in [6.45, 7) is 6.82. The third kappa shape index (κ3) is 6.22. The molecule has 0 saturated carbocycles. The van der Waals surface area contributed by atoms with Gasteiger partial charge in [0.15, 0.2) is 5.69 Å². The molecule has 4 rings (SSSR count). The lowest BCUT2D eigenvalue weighted by Gasteiger charge is -2.36. The van der Waals surface area contributed by atoms with Gasteiger partial charge in [-0.1, -0.05) is 30.3 Å². The Balaban J connectivity index is 1.46. The van der Waals surface area contributed by atoms with E-state index in [1.165, 1.54) is 7.11 Å². The summed E-state index contributed by atoms with van der Waals surface area (Å²) in [6.07, 6.45) is 1.12. The van der Waals surface area contributed by atoms with Crippen LogP contribution in [0.2, 0.25) is 0 Å². The summed E-state index contributed by atoms with van der Waals surface area (Å²) in [6, 6.07) is 17.8. The SMILES string of the molecule is CCOC(=O)c1cc(-c2ccc(N3CCN(C(=O)CCCC(=O)OC)CC3)cc2)n(-c2ccccc2C)n1. The van der Waals surface area contributed by atoms with Crippen molar-refractivity contribution in [3.05, 3.63) is 65.9 Å². The number of anilines is 1. The van der Waals surface area contributed by atoms with Crippen molar-refractivity contribution < 1.29 is 23.9 Å². The van der Waals surface area contributed by atoms with Crippen LogP contribution in [0.1, 0.15) is 42.2 Å². The van der Waals surface area contributed by atoms with E-state index in [2.05, 4.69) is 26.9 Å². The fourth-order valence-electron chi connectivity index (χ4n) is 4.58. The highest BCUT2D eigenvalue weighted by Gasteiger charge is 2.22. The van der Waals surface area contributed by atoms with Gasteiger partial charge >= 0.3 is 11.9 Å². The molecule has 9 heteroatoms. The summed E-state index contributed by atoms with van der Waals surface area (Å²) in [5, 5.41) is 4.58. The molecule has 0 spiro atoms. The van der Waals surface area contributed by atoms with Crippen LogP contribution in [-0.4, -0.2) is 72.4 Å². The summed E-state index contributed by atoms with van der Waals surface area (Å²) in [5.74, 6) is -0.661. The number of ether oxygens (including phenoxy) is 2. The van der Waals surface area contributed by atoms with E-state index in [4.69, 9.17) is 4.74 Å². The third-order valence-corrected chi connectivity index (χ3v) is 6.70. The number of aromatic nitrogens is 2. The summed E-state index contributed by atoms with van der Waals surface area (Å²) in [4.78, 5) is 40.3. The van der Waals surface area contributed by atoms with Gasteiger partial charge in [-0.25, -0.2) is 9.48 Å². The minimum atomic E-state index is -0.449. The van der Waals surface area contributed by atoms with E-state index in [0.29, 0.717) is 25.9 Å². The van der Waals surface area contributed by atoms with Crippen molar-refractivity contribution in [1.29, 1.82) is 0 Å². The van der Waals surface area contributed by atoms with E-state index in [1.54, 1.807) is 17.7 Å². The smallest absolute Gasteiger partial charge is 0.358 e.